The summed E-state index contributed by atoms with van der Waals surface area (Å²) in [4.78, 5) is 15.8. The standard InChI is InChI=1S/C21H25NO2S/c1-3-24-19-11-8-14-6-4-5-7-18(14)20(19)21(23)22-15-9-10-16(22)13-17(12-15)25-2/h4-8,11,15-17H,3,9-10,12-13H2,1-2H3/t15-,16-/m0/s1. The van der Waals surface area contributed by atoms with Gasteiger partial charge in [-0.25, -0.2) is 0 Å². The predicted molar refractivity (Wildman–Crippen MR) is 105 cm³/mol. The Morgan fingerprint density at radius 1 is 1.16 bits per heavy atom. The summed E-state index contributed by atoms with van der Waals surface area (Å²) >= 11 is 1.95. The first-order valence-corrected chi connectivity index (χ1v) is 10.5. The summed E-state index contributed by atoms with van der Waals surface area (Å²) in [6.45, 7) is 2.54. The topological polar surface area (TPSA) is 29.5 Å². The van der Waals surface area contributed by atoms with Gasteiger partial charge in [-0.2, -0.15) is 11.8 Å². The second kappa shape index (κ2) is 6.91. The minimum Gasteiger partial charge on any atom is -0.493 e. The zero-order chi connectivity index (χ0) is 17.4. The lowest BCUT2D eigenvalue weighted by atomic mass is 9.97. The molecule has 0 N–H and O–H groups in total. The van der Waals surface area contributed by atoms with E-state index in [-0.39, 0.29) is 5.91 Å². The van der Waals surface area contributed by atoms with Crippen molar-refractivity contribution in [2.24, 2.45) is 0 Å². The van der Waals surface area contributed by atoms with Gasteiger partial charge in [0.1, 0.15) is 5.75 Å². The Kier molecular flexibility index (Phi) is 4.63. The lowest BCUT2D eigenvalue weighted by molar-refractivity contribution is 0.0600. The van der Waals surface area contributed by atoms with E-state index in [9.17, 15) is 4.79 Å². The molecule has 0 saturated carbocycles. The molecule has 132 valence electrons. The molecule has 2 heterocycles. The number of fused-ring (bicyclic) bond motifs is 3. The summed E-state index contributed by atoms with van der Waals surface area (Å²) in [7, 11) is 0. The SMILES string of the molecule is CCOc1ccc2ccccc2c1C(=O)N1[C@H]2CC[C@H]1CC(SC)C2. The van der Waals surface area contributed by atoms with Gasteiger partial charge in [0, 0.05) is 17.3 Å². The van der Waals surface area contributed by atoms with E-state index in [1.165, 1.54) is 0 Å². The van der Waals surface area contributed by atoms with E-state index in [1.54, 1.807) is 0 Å². The molecule has 0 aromatic heterocycles. The molecule has 0 unspecified atom stereocenters. The third kappa shape index (κ3) is 2.91. The summed E-state index contributed by atoms with van der Waals surface area (Å²) < 4.78 is 5.84. The summed E-state index contributed by atoms with van der Waals surface area (Å²) in [6, 6.07) is 12.9. The molecule has 2 aromatic rings. The quantitative estimate of drug-likeness (QED) is 0.793. The average molecular weight is 356 g/mol. The van der Waals surface area contributed by atoms with Gasteiger partial charge in [-0.3, -0.25) is 4.79 Å². The van der Waals surface area contributed by atoms with E-state index in [0.717, 1.165) is 47.8 Å². The first-order chi connectivity index (χ1) is 12.2. The second-order valence-corrected chi connectivity index (χ2v) is 8.16. The molecule has 0 spiro atoms. The Morgan fingerprint density at radius 2 is 1.88 bits per heavy atom. The number of benzene rings is 2. The van der Waals surface area contributed by atoms with Gasteiger partial charge in [0.25, 0.3) is 5.91 Å². The monoisotopic (exact) mass is 355 g/mol. The third-order valence-corrected chi connectivity index (χ3v) is 6.71. The van der Waals surface area contributed by atoms with Crippen LogP contribution in [-0.2, 0) is 0 Å². The number of thioether (sulfide) groups is 1. The van der Waals surface area contributed by atoms with Crippen LogP contribution in [0.3, 0.4) is 0 Å². The van der Waals surface area contributed by atoms with E-state index < -0.39 is 0 Å². The summed E-state index contributed by atoms with van der Waals surface area (Å²) in [6.07, 6.45) is 6.72. The van der Waals surface area contributed by atoms with Crippen LogP contribution in [0.25, 0.3) is 10.8 Å². The predicted octanol–water partition coefficient (Wildman–Crippen LogP) is 4.74. The molecule has 4 rings (SSSR count). The van der Waals surface area contributed by atoms with Gasteiger partial charge >= 0.3 is 0 Å². The number of hydrogen-bond acceptors (Lipinski definition) is 3. The normalized spacial score (nSPS) is 25.4. The lowest BCUT2D eigenvalue weighted by Crippen LogP contribution is -2.47. The number of carbonyl (C=O) groups is 1. The fourth-order valence-corrected chi connectivity index (χ4v) is 5.36. The molecular weight excluding hydrogens is 330 g/mol. The van der Waals surface area contributed by atoms with Crippen LogP contribution in [0.5, 0.6) is 5.75 Å². The minimum atomic E-state index is 0.160. The highest BCUT2D eigenvalue weighted by atomic mass is 32.2. The Hall–Kier alpha value is -1.68. The molecule has 2 fully saturated rings. The van der Waals surface area contributed by atoms with Crippen molar-refractivity contribution in [3.8, 4) is 5.75 Å². The Labute approximate surface area is 153 Å². The van der Waals surface area contributed by atoms with Crippen LogP contribution in [0, 0.1) is 0 Å². The molecule has 2 aromatic carbocycles. The van der Waals surface area contributed by atoms with Crippen LogP contribution in [0.1, 0.15) is 43.0 Å². The van der Waals surface area contributed by atoms with Crippen LogP contribution < -0.4 is 4.74 Å². The van der Waals surface area contributed by atoms with Crippen LogP contribution >= 0.6 is 11.8 Å². The van der Waals surface area contributed by atoms with Crippen molar-refractivity contribution in [2.45, 2.75) is 49.9 Å². The first-order valence-electron chi connectivity index (χ1n) is 9.23. The molecule has 0 aliphatic carbocycles. The van der Waals surface area contributed by atoms with Gasteiger partial charge in [0.05, 0.1) is 12.2 Å². The molecule has 2 aliphatic heterocycles. The van der Waals surface area contributed by atoms with Gasteiger partial charge in [-0.15, -0.1) is 0 Å². The molecular formula is C21H25NO2S. The first kappa shape index (κ1) is 16.8. The zero-order valence-electron chi connectivity index (χ0n) is 14.9. The third-order valence-electron chi connectivity index (χ3n) is 5.66. The van der Waals surface area contributed by atoms with E-state index in [0.29, 0.717) is 23.9 Å². The molecule has 2 saturated heterocycles. The van der Waals surface area contributed by atoms with Crippen LogP contribution in [-0.4, -0.2) is 41.0 Å². The number of carbonyl (C=O) groups excluding carboxylic acids is 1. The molecule has 25 heavy (non-hydrogen) atoms. The summed E-state index contributed by atoms with van der Waals surface area (Å²) in [5.74, 6) is 0.880. The second-order valence-electron chi connectivity index (χ2n) is 7.02. The summed E-state index contributed by atoms with van der Waals surface area (Å²) in [5.41, 5.74) is 0.749. The highest BCUT2D eigenvalue weighted by Crippen LogP contribution is 2.42. The molecule has 2 aliphatic rings. The number of ether oxygens (including phenoxy) is 1. The maximum Gasteiger partial charge on any atom is 0.258 e. The van der Waals surface area contributed by atoms with E-state index >= 15 is 0 Å². The van der Waals surface area contributed by atoms with Crippen molar-refractivity contribution in [3.63, 3.8) is 0 Å². The lowest BCUT2D eigenvalue weighted by Gasteiger charge is -2.39. The average Bonchev–Trinajstić information content (AvgIpc) is 2.91. The largest absolute Gasteiger partial charge is 0.493 e. The fraction of sp³-hybridized carbons (Fsp3) is 0.476. The number of hydrogen-bond donors (Lipinski definition) is 0. The van der Waals surface area contributed by atoms with Gasteiger partial charge < -0.3 is 9.64 Å². The van der Waals surface area contributed by atoms with Crippen LogP contribution in [0.2, 0.25) is 0 Å². The number of amides is 1. The smallest absolute Gasteiger partial charge is 0.258 e. The Morgan fingerprint density at radius 3 is 2.56 bits per heavy atom. The van der Waals surface area contributed by atoms with E-state index in [4.69, 9.17) is 4.74 Å². The van der Waals surface area contributed by atoms with E-state index in [2.05, 4.69) is 17.2 Å². The number of rotatable bonds is 4. The molecule has 2 atom stereocenters. The van der Waals surface area contributed by atoms with Crippen LogP contribution in [0.15, 0.2) is 36.4 Å². The van der Waals surface area contributed by atoms with Crippen LogP contribution in [0.4, 0.5) is 0 Å². The maximum absolute atomic E-state index is 13.6. The van der Waals surface area contributed by atoms with Gasteiger partial charge in [-0.05, 0) is 55.7 Å². The van der Waals surface area contributed by atoms with Crippen molar-refractivity contribution >= 4 is 28.4 Å². The van der Waals surface area contributed by atoms with Crippen molar-refractivity contribution in [1.82, 2.24) is 4.90 Å². The maximum atomic E-state index is 13.6. The van der Waals surface area contributed by atoms with Crippen molar-refractivity contribution in [2.75, 3.05) is 12.9 Å². The molecule has 0 radical (unpaired) electrons. The summed E-state index contributed by atoms with van der Waals surface area (Å²) in [5, 5.41) is 2.80. The molecule has 4 heteroatoms. The molecule has 1 amide bonds. The highest BCUT2D eigenvalue weighted by Gasteiger charge is 2.44. The van der Waals surface area contributed by atoms with Crippen molar-refractivity contribution in [3.05, 3.63) is 42.0 Å². The fourth-order valence-electron chi connectivity index (χ4n) is 4.53. The number of piperidine rings is 1. The molecule has 2 bridgehead atoms. The van der Waals surface area contributed by atoms with Crippen molar-refractivity contribution < 1.29 is 9.53 Å². The van der Waals surface area contributed by atoms with Crippen molar-refractivity contribution in [1.29, 1.82) is 0 Å². The van der Waals surface area contributed by atoms with E-state index in [1.807, 2.05) is 49.0 Å². The zero-order valence-corrected chi connectivity index (χ0v) is 15.7. The van der Waals surface area contributed by atoms with Gasteiger partial charge in [0.15, 0.2) is 0 Å². The molecule has 3 nitrogen and oxygen atoms in total. The highest BCUT2D eigenvalue weighted by molar-refractivity contribution is 7.99. The van der Waals surface area contributed by atoms with Gasteiger partial charge in [0.2, 0.25) is 0 Å². The minimum absolute atomic E-state index is 0.160. The Bertz CT molecular complexity index is 777. The van der Waals surface area contributed by atoms with Gasteiger partial charge in [-0.1, -0.05) is 30.3 Å². The Balaban J connectivity index is 1.76. The number of nitrogens with zero attached hydrogens (tertiary/aromatic N) is 1.